The topological polar surface area (TPSA) is 38.0 Å². The summed E-state index contributed by atoms with van der Waals surface area (Å²) in [6.07, 6.45) is 0. The summed E-state index contributed by atoms with van der Waals surface area (Å²) in [6, 6.07) is 13.3. The zero-order valence-corrected chi connectivity index (χ0v) is 9.79. The predicted molar refractivity (Wildman–Crippen MR) is 67.0 cm³/mol. The van der Waals surface area contributed by atoms with Gasteiger partial charge in [-0.15, -0.1) is 0 Å². The zero-order valence-electron chi connectivity index (χ0n) is 9.03. The highest BCUT2D eigenvalue weighted by atomic mass is 35.5. The number of nitrogens with one attached hydrogen (secondary N) is 1. The summed E-state index contributed by atoms with van der Waals surface area (Å²) in [7, 11) is 0. The van der Waals surface area contributed by atoms with E-state index in [1.807, 2.05) is 18.2 Å². The number of hydrogen-bond donors (Lipinski definition) is 2. The predicted octanol–water partition coefficient (Wildman–Crippen LogP) is 3.03. The van der Waals surface area contributed by atoms with Crippen LogP contribution in [0.25, 0.3) is 0 Å². The maximum Gasteiger partial charge on any atom is 0.123 e. The van der Waals surface area contributed by atoms with Crippen LogP contribution < -0.4 is 11.3 Å². The summed E-state index contributed by atoms with van der Waals surface area (Å²) < 4.78 is 12.9. The highest BCUT2D eigenvalue weighted by Gasteiger charge is 2.14. The van der Waals surface area contributed by atoms with Crippen LogP contribution in [-0.4, -0.2) is 0 Å². The van der Waals surface area contributed by atoms with Gasteiger partial charge in [0.1, 0.15) is 5.82 Å². The first kappa shape index (κ1) is 12.0. The van der Waals surface area contributed by atoms with Crippen molar-refractivity contribution in [2.24, 2.45) is 5.84 Å². The minimum absolute atomic E-state index is 0.246. The van der Waals surface area contributed by atoms with E-state index in [1.165, 1.54) is 12.1 Å². The minimum Gasteiger partial charge on any atom is -0.271 e. The van der Waals surface area contributed by atoms with Gasteiger partial charge in [0.15, 0.2) is 0 Å². The van der Waals surface area contributed by atoms with Gasteiger partial charge in [-0.25, -0.2) is 9.82 Å². The number of nitrogens with two attached hydrogens (primary N) is 1. The molecule has 0 aromatic heterocycles. The molecule has 2 nitrogen and oxygen atoms in total. The normalized spacial score (nSPS) is 12.4. The maximum atomic E-state index is 12.9. The number of hydrazine groups is 1. The van der Waals surface area contributed by atoms with Crippen molar-refractivity contribution in [1.82, 2.24) is 5.43 Å². The van der Waals surface area contributed by atoms with Gasteiger partial charge in [-0.3, -0.25) is 5.84 Å². The Morgan fingerprint density at radius 1 is 1.06 bits per heavy atom. The van der Waals surface area contributed by atoms with Gasteiger partial charge >= 0.3 is 0 Å². The van der Waals surface area contributed by atoms with E-state index < -0.39 is 0 Å². The van der Waals surface area contributed by atoms with Gasteiger partial charge < -0.3 is 0 Å². The Morgan fingerprint density at radius 2 is 1.71 bits per heavy atom. The average Bonchev–Trinajstić information content (AvgIpc) is 2.35. The van der Waals surface area contributed by atoms with E-state index in [9.17, 15) is 4.39 Å². The highest BCUT2D eigenvalue weighted by molar-refractivity contribution is 6.31. The minimum atomic E-state index is -0.274. The van der Waals surface area contributed by atoms with Crippen molar-refractivity contribution in [3.05, 3.63) is 70.5 Å². The van der Waals surface area contributed by atoms with E-state index in [0.717, 1.165) is 11.1 Å². The Bertz CT molecular complexity index is 499. The molecule has 0 saturated heterocycles. The third kappa shape index (κ3) is 2.64. The van der Waals surface area contributed by atoms with E-state index in [1.54, 1.807) is 18.2 Å². The standard InChI is InChI=1S/C13H12ClFN2/c14-12-4-2-1-3-11(12)13(17-16)9-5-7-10(15)8-6-9/h1-8,13,17H,16H2. The molecule has 3 N–H and O–H groups in total. The van der Waals surface area contributed by atoms with Crippen LogP contribution >= 0.6 is 11.6 Å². The molecule has 0 amide bonds. The summed E-state index contributed by atoms with van der Waals surface area (Å²) in [4.78, 5) is 0. The van der Waals surface area contributed by atoms with Crippen LogP contribution in [0, 0.1) is 5.82 Å². The van der Waals surface area contributed by atoms with Crippen molar-refractivity contribution in [3.63, 3.8) is 0 Å². The molecule has 88 valence electrons. The molecular formula is C13H12ClFN2. The lowest BCUT2D eigenvalue weighted by molar-refractivity contribution is 0.615. The van der Waals surface area contributed by atoms with E-state index >= 15 is 0 Å². The van der Waals surface area contributed by atoms with Gasteiger partial charge in [0, 0.05) is 5.02 Å². The summed E-state index contributed by atoms with van der Waals surface area (Å²) in [5.74, 6) is 5.27. The molecule has 2 aromatic carbocycles. The van der Waals surface area contributed by atoms with Gasteiger partial charge in [0.25, 0.3) is 0 Å². The molecule has 0 aliphatic carbocycles. The molecule has 0 fully saturated rings. The zero-order chi connectivity index (χ0) is 12.3. The Hall–Kier alpha value is -1.42. The summed E-state index contributed by atoms with van der Waals surface area (Å²) in [5.41, 5.74) is 4.42. The molecule has 1 unspecified atom stereocenters. The van der Waals surface area contributed by atoms with Crippen molar-refractivity contribution in [2.45, 2.75) is 6.04 Å². The SMILES string of the molecule is NNC(c1ccc(F)cc1)c1ccccc1Cl. The molecular weight excluding hydrogens is 239 g/mol. The van der Waals surface area contributed by atoms with Crippen LogP contribution in [0.15, 0.2) is 48.5 Å². The smallest absolute Gasteiger partial charge is 0.123 e. The second-order valence-corrected chi connectivity index (χ2v) is 4.08. The molecule has 0 radical (unpaired) electrons. The molecule has 0 spiro atoms. The first-order valence-electron chi connectivity index (χ1n) is 5.18. The lowest BCUT2D eigenvalue weighted by atomic mass is 9.99. The van der Waals surface area contributed by atoms with Gasteiger partial charge in [-0.05, 0) is 29.3 Å². The second kappa shape index (κ2) is 5.27. The van der Waals surface area contributed by atoms with Crippen molar-refractivity contribution >= 4 is 11.6 Å². The Labute approximate surface area is 104 Å². The Kier molecular flexibility index (Phi) is 3.74. The fourth-order valence-corrected chi connectivity index (χ4v) is 1.97. The molecule has 17 heavy (non-hydrogen) atoms. The van der Waals surface area contributed by atoms with Crippen LogP contribution in [0.1, 0.15) is 17.2 Å². The Balaban J connectivity index is 2.40. The lowest BCUT2D eigenvalue weighted by Crippen LogP contribution is -2.29. The first-order chi connectivity index (χ1) is 8.22. The van der Waals surface area contributed by atoms with Gasteiger partial charge in [-0.1, -0.05) is 41.9 Å². The fraction of sp³-hybridized carbons (Fsp3) is 0.0769. The van der Waals surface area contributed by atoms with Crippen molar-refractivity contribution in [3.8, 4) is 0 Å². The molecule has 0 aliphatic heterocycles. The summed E-state index contributed by atoms with van der Waals surface area (Å²) in [6.45, 7) is 0. The number of halogens is 2. The third-order valence-electron chi connectivity index (χ3n) is 2.59. The van der Waals surface area contributed by atoms with Crippen LogP contribution in [0.4, 0.5) is 4.39 Å². The summed E-state index contributed by atoms with van der Waals surface area (Å²) in [5, 5.41) is 0.625. The summed E-state index contributed by atoms with van der Waals surface area (Å²) >= 11 is 6.11. The number of benzene rings is 2. The molecule has 0 saturated carbocycles. The highest BCUT2D eigenvalue weighted by Crippen LogP contribution is 2.27. The Morgan fingerprint density at radius 3 is 2.29 bits per heavy atom. The van der Waals surface area contributed by atoms with Crippen molar-refractivity contribution in [2.75, 3.05) is 0 Å². The largest absolute Gasteiger partial charge is 0.271 e. The molecule has 1 atom stereocenters. The molecule has 0 aliphatic rings. The van der Waals surface area contributed by atoms with Crippen molar-refractivity contribution in [1.29, 1.82) is 0 Å². The number of hydrogen-bond acceptors (Lipinski definition) is 2. The van der Waals surface area contributed by atoms with E-state index in [-0.39, 0.29) is 11.9 Å². The molecule has 0 bridgehead atoms. The molecule has 0 heterocycles. The quantitative estimate of drug-likeness (QED) is 0.649. The van der Waals surface area contributed by atoms with Gasteiger partial charge in [0.05, 0.1) is 6.04 Å². The molecule has 4 heteroatoms. The number of rotatable bonds is 3. The van der Waals surface area contributed by atoms with E-state index in [2.05, 4.69) is 5.43 Å². The second-order valence-electron chi connectivity index (χ2n) is 3.67. The fourth-order valence-electron chi connectivity index (χ4n) is 1.73. The average molecular weight is 251 g/mol. The first-order valence-corrected chi connectivity index (χ1v) is 5.56. The lowest BCUT2D eigenvalue weighted by Gasteiger charge is -2.18. The van der Waals surface area contributed by atoms with Crippen molar-refractivity contribution < 1.29 is 4.39 Å². The van der Waals surface area contributed by atoms with Crippen LogP contribution in [0.2, 0.25) is 5.02 Å². The van der Waals surface area contributed by atoms with Crippen LogP contribution in [0.3, 0.4) is 0 Å². The van der Waals surface area contributed by atoms with Gasteiger partial charge in [-0.2, -0.15) is 0 Å². The molecule has 2 rings (SSSR count). The third-order valence-corrected chi connectivity index (χ3v) is 2.93. The van der Waals surface area contributed by atoms with Crippen LogP contribution in [-0.2, 0) is 0 Å². The van der Waals surface area contributed by atoms with Gasteiger partial charge in [0.2, 0.25) is 0 Å². The maximum absolute atomic E-state index is 12.9. The van der Waals surface area contributed by atoms with E-state index in [4.69, 9.17) is 17.4 Å². The molecule has 2 aromatic rings. The monoisotopic (exact) mass is 250 g/mol. The van der Waals surface area contributed by atoms with E-state index in [0.29, 0.717) is 5.02 Å². The van der Waals surface area contributed by atoms with Crippen LogP contribution in [0.5, 0.6) is 0 Å².